The van der Waals surface area contributed by atoms with Crippen molar-refractivity contribution in [2.75, 3.05) is 0 Å². The van der Waals surface area contributed by atoms with Gasteiger partial charge in [-0.15, -0.1) is 0 Å². The minimum Gasteiger partial charge on any atom is -0.455 e. The first-order chi connectivity index (χ1) is 13.5. The Morgan fingerprint density at radius 2 is 1.89 bits per heavy atom. The third-order valence-electron chi connectivity index (χ3n) is 4.08. The summed E-state index contributed by atoms with van der Waals surface area (Å²) in [6, 6.07) is 16.8. The molecule has 0 saturated carbocycles. The Kier molecular flexibility index (Phi) is 5.17. The third-order valence-corrected chi connectivity index (χ3v) is 4.91. The van der Waals surface area contributed by atoms with Crippen molar-refractivity contribution in [1.82, 2.24) is 14.9 Å². The molecule has 0 spiro atoms. The largest absolute Gasteiger partial charge is 0.455 e. The molecule has 4 aromatic rings. The number of nitrogens with zero attached hydrogens (tertiary/aromatic N) is 3. The highest BCUT2D eigenvalue weighted by Crippen LogP contribution is 2.31. The molecule has 0 bridgehead atoms. The van der Waals surface area contributed by atoms with Gasteiger partial charge in [0.25, 0.3) is 0 Å². The molecule has 0 aliphatic carbocycles. The predicted molar refractivity (Wildman–Crippen MR) is 115 cm³/mol. The topological polar surface area (TPSA) is 59.1 Å². The lowest BCUT2D eigenvalue weighted by molar-refractivity contribution is 0.574. The number of furan rings is 1. The van der Waals surface area contributed by atoms with Gasteiger partial charge in [-0.3, -0.25) is 0 Å². The number of H-pyrrole nitrogens is 1. The lowest BCUT2D eigenvalue weighted by Crippen LogP contribution is -1.94. The van der Waals surface area contributed by atoms with Crippen molar-refractivity contribution in [3.8, 4) is 22.7 Å². The molecule has 0 radical (unpaired) electrons. The van der Waals surface area contributed by atoms with E-state index in [1.807, 2.05) is 37.3 Å². The summed E-state index contributed by atoms with van der Waals surface area (Å²) < 4.78 is 7.77. The molecular formula is C20H14Cl2N4OS. The van der Waals surface area contributed by atoms with Crippen molar-refractivity contribution in [2.45, 2.75) is 6.92 Å². The summed E-state index contributed by atoms with van der Waals surface area (Å²) >= 11 is 17.6. The van der Waals surface area contributed by atoms with Crippen LogP contribution in [-0.2, 0) is 0 Å². The van der Waals surface area contributed by atoms with E-state index >= 15 is 0 Å². The Morgan fingerprint density at radius 1 is 1.11 bits per heavy atom. The van der Waals surface area contributed by atoms with Gasteiger partial charge in [0, 0.05) is 16.1 Å². The molecule has 0 atom stereocenters. The van der Waals surface area contributed by atoms with Crippen molar-refractivity contribution in [3.05, 3.63) is 80.7 Å². The molecule has 0 fully saturated rings. The quantitative estimate of drug-likeness (QED) is 0.303. The molecule has 28 heavy (non-hydrogen) atoms. The molecule has 0 saturated heterocycles. The molecular weight excluding hydrogens is 415 g/mol. The van der Waals surface area contributed by atoms with Crippen LogP contribution >= 0.6 is 35.4 Å². The van der Waals surface area contributed by atoms with Crippen LogP contribution in [-0.4, -0.2) is 21.1 Å². The Hall–Kier alpha value is -2.67. The second-order valence-electron chi connectivity index (χ2n) is 6.10. The van der Waals surface area contributed by atoms with Gasteiger partial charge in [-0.2, -0.15) is 14.9 Å². The zero-order valence-corrected chi connectivity index (χ0v) is 17.0. The van der Waals surface area contributed by atoms with Crippen LogP contribution < -0.4 is 0 Å². The van der Waals surface area contributed by atoms with Crippen molar-refractivity contribution in [2.24, 2.45) is 5.10 Å². The number of aromatic amines is 1. The van der Waals surface area contributed by atoms with Gasteiger partial charge in [-0.1, -0.05) is 53.0 Å². The Morgan fingerprint density at radius 3 is 2.68 bits per heavy atom. The summed E-state index contributed by atoms with van der Waals surface area (Å²) in [6.07, 6.45) is 1.57. The van der Waals surface area contributed by atoms with Crippen molar-refractivity contribution in [1.29, 1.82) is 0 Å². The summed E-state index contributed by atoms with van der Waals surface area (Å²) in [5.41, 5.74) is 2.78. The molecule has 5 nitrogen and oxygen atoms in total. The average molecular weight is 429 g/mol. The molecule has 0 aliphatic heterocycles. The van der Waals surface area contributed by atoms with Crippen LogP contribution in [0.2, 0.25) is 10.0 Å². The summed E-state index contributed by atoms with van der Waals surface area (Å²) in [5, 5.41) is 12.6. The molecule has 2 aromatic carbocycles. The molecule has 2 aromatic heterocycles. The summed E-state index contributed by atoms with van der Waals surface area (Å²) in [7, 11) is 0. The van der Waals surface area contributed by atoms with E-state index in [0.29, 0.717) is 37.7 Å². The van der Waals surface area contributed by atoms with E-state index in [9.17, 15) is 0 Å². The van der Waals surface area contributed by atoms with E-state index in [2.05, 4.69) is 15.3 Å². The highest BCUT2D eigenvalue weighted by Gasteiger charge is 2.10. The molecule has 2 heterocycles. The van der Waals surface area contributed by atoms with Crippen LogP contribution in [0.4, 0.5) is 0 Å². The summed E-state index contributed by atoms with van der Waals surface area (Å²) in [6.45, 7) is 2.03. The van der Waals surface area contributed by atoms with Gasteiger partial charge in [0.2, 0.25) is 4.77 Å². The molecule has 4 rings (SSSR count). The molecule has 0 unspecified atom stereocenters. The second-order valence-corrected chi connectivity index (χ2v) is 7.33. The first kappa shape index (κ1) is 18.7. The smallest absolute Gasteiger partial charge is 0.216 e. The number of halogens is 2. The zero-order valence-electron chi connectivity index (χ0n) is 14.7. The lowest BCUT2D eigenvalue weighted by atomic mass is 10.1. The molecule has 0 amide bonds. The normalized spacial score (nSPS) is 11.4. The standard InChI is InChI=1S/C20H14Cl2N4OS/c1-12-2-4-13(5-3-12)19-24-25-20(28)26(19)23-11-15-7-9-18(27-15)16-10-14(21)6-8-17(16)22/h2-11H,1H3,(H,25,28)/b23-11+. The second kappa shape index (κ2) is 7.75. The van der Waals surface area contributed by atoms with Crippen molar-refractivity contribution >= 4 is 41.6 Å². The van der Waals surface area contributed by atoms with Crippen LogP contribution in [0.25, 0.3) is 22.7 Å². The predicted octanol–water partition coefficient (Wildman–Crippen LogP) is 6.37. The number of aromatic nitrogens is 3. The lowest BCUT2D eigenvalue weighted by Gasteiger charge is -2.02. The van der Waals surface area contributed by atoms with Gasteiger partial charge in [0.1, 0.15) is 11.5 Å². The number of nitrogens with one attached hydrogen (secondary N) is 1. The average Bonchev–Trinajstić information content (AvgIpc) is 3.29. The van der Waals surface area contributed by atoms with Gasteiger partial charge < -0.3 is 4.42 Å². The number of rotatable bonds is 4. The van der Waals surface area contributed by atoms with E-state index in [4.69, 9.17) is 39.8 Å². The van der Waals surface area contributed by atoms with Crippen LogP contribution in [0.15, 0.2) is 64.1 Å². The van der Waals surface area contributed by atoms with Gasteiger partial charge in [0.05, 0.1) is 11.2 Å². The maximum atomic E-state index is 6.24. The molecule has 8 heteroatoms. The Labute approximate surface area is 176 Å². The minimum atomic E-state index is 0.386. The first-order valence-electron chi connectivity index (χ1n) is 8.35. The van der Waals surface area contributed by atoms with Crippen LogP contribution in [0, 0.1) is 11.7 Å². The van der Waals surface area contributed by atoms with Gasteiger partial charge in [0.15, 0.2) is 5.82 Å². The van der Waals surface area contributed by atoms with Crippen LogP contribution in [0.1, 0.15) is 11.3 Å². The number of hydrogen-bond donors (Lipinski definition) is 1. The molecule has 140 valence electrons. The molecule has 1 N–H and O–H groups in total. The fraction of sp³-hybridized carbons (Fsp3) is 0.0500. The highest BCUT2D eigenvalue weighted by molar-refractivity contribution is 7.71. The Bertz CT molecular complexity index is 1220. The zero-order chi connectivity index (χ0) is 19.7. The van der Waals surface area contributed by atoms with Crippen LogP contribution in [0.3, 0.4) is 0 Å². The molecule has 0 aliphatic rings. The Balaban J connectivity index is 1.65. The fourth-order valence-electron chi connectivity index (χ4n) is 2.66. The monoisotopic (exact) mass is 428 g/mol. The number of benzene rings is 2. The van der Waals surface area contributed by atoms with E-state index < -0.39 is 0 Å². The van der Waals surface area contributed by atoms with Gasteiger partial charge in [-0.25, -0.2) is 5.10 Å². The SMILES string of the molecule is Cc1ccc(-c2n[nH]c(=S)n2/N=C/c2ccc(-c3cc(Cl)ccc3Cl)o2)cc1. The van der Waals surface area contributed by atoms with Crippen molar-refractivity contribution < 1.29 is 4.42 Å². The summed E-state index contributed by atoms with van der Waals surface area (Å²) in [5.74, 6) is 1.76. The van der Waals surface area contributed by atoms with Crippen molar-refractivity contribution in [3.63, 3.8) is 0 Å². The fourth-order valence-corrected chi connectivity index (χ4v) is 3.22. The van der Waals surface area contributed by atoms with Gasteiger partial charge in [-0.05, 0) is 49.5 Å². The maximum absolute atomic E-state index is 6.24. The number of aryl methyl sites for hydroxylation is 1. The van der Waals surface area contributed by atoms with E-state index in [1.54, 1.807) is 35.2 Å². The van der Waals surface area contributed by atoms with Crippen LogP contribution in [0.5, 0.6) is 0 Å². The van der Waals surface area contributed by atoms with Gasteiger partial charge >= 0.3 is 0 Å². The first-order valence-corrected chi connectivity index (χ1v) is 9.52. The summed E-state index contributed by atoms with van der Waals surface area (Å²) in [4.78, 5) is 0. The van der Waals surface area contributed by atoms with E-state index in [1.165, 1.54) is 0 Å². The minimum absolute atomic E-state index is 0.386. The highest BCUT2D eigenvalue weighted by atomic mass is 35.5. The maximum Gasteiger partial charge on any atom is 0.216 e. The van der Waals surface area contributed by atoms with E-state index in [0.717, 1.165) is 11.1 Å². The number of hydrogen-bond acceptors (Lipinski definition) is 4. The van der Waals surface area contributed by atoms with E-state index in [-0.39, 0.29) is 0 Å². The third kappa shape index (κ3) is 3.80.